The van der Waals surface area contributed by atoms with E-state index in [1.54, 1.807) is 23.0 Å². The van der Waals surface area contributed by atoms with Crippen LogP contribution in [0.1, 0.15) is 5.69 Å². The Kier molecular flexibility index (Phi) is 3.13. The topological polar surface area (TPSA) is 64.0 Å². The van der Waals surface area contributed by atoms with Crippen molar-refractivity contribution in [3.63, 3.8) is 0 Å². The van der Waals surface area contributed by atoms with Crippen LogP contribution in [0.3, 0.4) is 0 Å². The van der Waals surface area contributed by atoms with Gasteiger partial charge in [-0.05, 0) is 24.6 Å². The molecule has 0 amide bonds. The molecule has 5 nitrogen and oxygen atoms in total. The molecule has 1 N–H and O–H groups in total. The Balaban J connectivity index is 2.42. The van der Waals surface area contributed by atoms with E-state index >= 15 is 0 Å². The predicted octanol–water partition coefficient (Wildman–Crippen LogP) is 1.77. The molecule has 0 aliphatic heterocycles. The summed E-state index contributed by atoms with van der Waals surface area (Å²) in [6.07, 6.45) is 2.91. The van der Waals surface area contributed by atoms with E-state index in [1.807, 2.05) is 26.1 Å². The summed E-state index contributed by atoms with van der Waals surface area (Å²) in [7, 11) is -1.38. The number of anilines is 1. The Morgan fingerprint density at radius 2 is 2.06 bits per heavy atom. The van der Waals surface area contributed by atoms with Crippen LogP contribution in [0.15, 0.2) is 30.5 Å². The molecule has 1 aromatic heterocycles. The molecule has 0 bridgehead atoms. The van der Waals surface area contributed by atoms with Crippen molar-refractivity contribution in [3.8, 4) is 11.1 Å². The van der Waals surface area contributed by atoms with Crippen molar-refractivity contribution in [2.45, 2.75) is 6.92 Å². The molecule has 1 heterocycles. The smallest absolute Gasteiger partial charge is 0.229 e. The quantitative estimate of drug-likeness (QED) is 0.919. The highest BCUT2D eigenvalue weighted by molar-refractivity contribution is 7.92. The fourth-order valence-electron chi connectivity index (χ4n) is 1.75. The van der Waals surface area contributed by atoms with Crippen molar-refractivity contribution in [1.29, 1.82) is 0 Å². The molecule has 0 unspecified atom stereocenters. The molecule has 0 spiro atoms. The van der Waals surface area contributed by atoms with E-state index in [9.17, 15) is 8.42 Å². The second kappa shape index (κ2) is 4.45. The van der Waals surface area contributed by atoms with E-state index in [2.05, 4.69) is 9.82 Å². The van der Waals surface area contributed by atoms with E-state index < -0.39 is 10.0 Å². The third kappa shape index (κ3) is 2.70. The largest absolute Gasteiger partial charge is 0.284 e. The van der Waals surface area contributed by atoms with Crippen LogP contribution in [0, 0.1) is 6.92 Å². The Bertz CT molecular complexity index is 674. The van der Waals surface area contributed by atoms with Gasteiger partial charge in [0.25, 0.3) is 0 Å². The van der Waals surface area contributed by atoms with Crippen LogP contribution in [0.4, 0.5) is 5.69 Å². The Morgan fingerprint density at radius 3 is 2.61 bits per heavy atom. The van der Waals surface area contributed by atoms with Gasteiger partial charge in [0.05, 0.1) is 12.5 Å². The Labute approximate surface area is 107 Å². The van der Waals surface area contributed by atoms with Crippen molar-refractivity contribution < 1.29 is 8.42 Å². The number of hydrogen-bond donors (Lipinski definition) is 1. The molecule has 0 fully saturated rings. The van der Waals surface area contributed by atoms with E-state index in [-0.39, 0.29) is 0 Å². The fraction of sp³-hybridized carbons (Fsp3) is 0.250. The summed E-state index contributed by atoms with van der Waals surface area (Å²) in [6, 6.07) is 7.26. The summed E-state index contributed by atoms with van der Waals surface area (Å²) >= 11 is 0. The van der Waals surface area contributed by atoms with E-state index in [0.29, 0.717) is 5.69 Å². The highest BCUT2D eigenvalue weighted by Crippen LogP contribution is 2.25. The van der Waals surface area contributed by atoms with Gasteiger partial charge in [0.1, 0.15) is 0 Å². The van der Waals surface area contributed by atoms with Crippen molar-refractivity contribution in [2.24, 2.45) is 7.05 Å². The first kappa shape index (κ1) is 12.6. The highest BCUT2D eigenvalue weighted by atomic mass is 32.2. The minimum Gasteiger partial charge on any atom is -0.284 e. The maximum atomic E-state index is 11.2. The van der Waals surface area contributed by atoms with Gasteiger partial charge in [-0.2, -0.15) is 5.10 Å². The number of sulfonamides is 1. The van der Waals surface area contributed by atoms with Crippen LogP contribution >= 0.6 is 0 Å². The lowest BCUT2D eigenvalue weighted by atomic mass is 10.1. The van der Waals surface area contributed by atoms with Gasteiger partial charge in [0.2, 0.25) is 10.0 Å². The Hall–Kier alpha value is -1.82. The fourth-order valence-corrected chi connectivity index (χ4v) is 2.30. The first-order valence-corrected chi connectivity index (χ1v) is 7.33. The number of hydrogen-bond acceptors (Lipinski definition) is 3. The number of nitrogens with zero attached hydrogens (tertiary/aromatic N) is 2. The van der Waals surface area contributed by atoms with E-state index in [4.69, 9.17) is 0 Å². The summed E-state index contributed by atoms with van der Waals surface area (Å²) in [5.74, 6) is 0. The number of aromatic nitrogens is 2. The Morgan fingerprint density at radius 1 is 1.33 bits per heavy atom. The molecule has 6 heteroatoms. The van der Waals surface area contributed by atoms with Gasteiger partial charge in [-0.3, -0.25) is 9.40 Å². The molecule has 18 heavy (non-hydrogen) atoms. The van der Waals surface area contributed by atoms with Gasteiger partial charge in [0.15, 0.2) is 0 Å². The second-order valence-corrected chi connectivity index (χ2v) is 5.97. The van der Waals surface area contributed by atoms with Gasteiger partial charge < -0.3 is 0 Å². The van der Waals surface area contributed by atoms with Crippen molar-refractivity contribution in [2.75, 3.05) is 11.0 Å². The minimum absolute atomic E-state index is 0.554. The molecular formula is C12H15N3O2S. The normalized spacial score (nSPS) is 11.5. The lowest BCUT2D eigenvalue weighted by Crippen LogP contribution is -2.09. The molecule has 0 radical (unpaired) electrons. The second-order valence-electron chi connectivity index (χ2n) is 4.22. The lowest BCUT2D eigenvalue weighted by Gasteiger charge is -2.06. The van der Waals surface area contributed by atoms with Crippen molar-refractivity contribution in [1.82, 2.24) is 9.78 Å². The van der Waals surface area contributed by atoms with E-state index in [0.717, 1.165) is 23.1 Å². The third-order valence-electron chi connectivity index (χ3n) is 2.71. The number of rotatable bonds is 3. The molecule has 0 aliphatic carbocycles. The maximum absolute atomic E-state index is 11.2. The van der Waals surface area contributed by atoms with Crippen LogP contribution in [0.2, 0.25) is 0 Å². The van der Waals surface area contributed by atoms with Gasteiger partial charge >= 0.3 is 0 Å². The summed E-state index contributed by atoms with van der Waals surface area (Å²) in [6.45, 7) is 1.97. The molecule has 0 saturated heterocycles. The van der Waals surface area contributed by atoms with Crippen LogP contribution < -0.4 is 4.72 Å². The van der Waals surface area contributed by atoms with Gasteiger partial charge in [-0.25, -0.2) is 8.42 Å². The molecule has 1 aromatic carbocycles. The van der Waals surface area contributed by atoms with Crippen LogP contribution in [-0.2, 0) is 17.1 Å². The number of benzene rings is 1. The van der Waals surface area contributed by atoms with Gasteiger partial charge in [0, 0.05) is 24.0 Å². The summed E-state index contributed by atoms with van der Waals surface area (Å²) in [4.78, 5) is 0. The summed E-state index contributed by atoms with van der Waals surface area (Å²) in [5, 5.41) is 4.17. The van der Waals surface area contributed by atoms with Crippen LogP contribution in [-0.4, -0.2) is 24.5 Å². The number of aryl methyl sites for hydroxylation is 1. The van der Waals surface area contributed by atoms with Gasteiger partial charge in [-0.1, -0.05) is 12.1 Å². The third-order valence-corrected chi connectivity index (χ3v) is 3.32. The molecule has 96 valence electrons. The zero-order valence-corrected chi connectivity index (χ0v) is 11.3. The molecule has 2 aromatic rings. The summed E-state index contributed by atoms with van der Waals surface area (Å²) < 4.78 is 26.6. The molecule has 2 rings (SSSR count). The SMILES string of the molecule is Cc1c(-c2cccc(NS(C)(=O)=O)c2)cnn1C. The average molecular weight is 265 g/mol. The summed E-state index contributed by atoms with van der Waals surface area (Å²) in [5.41, 5.74) is 3.52. The molecule has 0 saturated carbocycles. The van der Waals surface area contributed by atoms with Crippen LogP contribution in [0.25, 0.3) is 11.1 Å². The van der Waals surface area contributed by atoms with Crippen molar-refractivity contribution >= 4 is 15.7 Å². The maximum Gasteiger partial charge on any atom is 0.229 e. The minimum atomic E-state index is -3.25. The molecule has 0 atom stereocenters. The zero-order valence-electron chi connectivity index (χ0n) is 10.5. The van der Waals surface area contributed by atoms with E-state index in [1.165, 1.54) is 0 Å². The lowest BCUT2D eigenvalue weighted by molar-refractivity contribution is 0.607. The highest BCUT2D eigenvalue weighted by Gasteiger charge is 2.08. The first-order chi connectivity index (χ1) is 8.37. The number of nitrogens with one attached hydrogen (secondary N) is 1. The predicted molar refractivity (Wildman–Crippen MR) is 71.8 cm³/mol. The first-order valence-electron chi connectivity index (χ1n) is 5.43. The molecular weight excluding hydrogens is 250 g/mol. The monoisotopic (exact) mass is 265 g/mol. The molecule has 0 aliphatic rings. The zero-order chi connectivity index (χ0) is 13.3. The standard InChI is InChI=1S/C12H15N3O2S/c1-9-12(8-13-15(9)2)10-5-4-6-11(7-10)14-18(3,16)17/h4-8,14H,1-3H3. The van der Waals surface area contributed by atoms with Gasteiger partial charge in [-0.15, -0.1) is 0 Å². The average Bonchev–Trinajstić information content (AvgIpc) is 2.58. The van der Waals surface area contributed by atoms with Crippen molar-refractivity contribution in [3.05, 3.63) is 36.2 Å². The van der Waals surface area contributed by atoms with Crippen LogP contribution in [0.5, 0.6) is 0 Å².